The van der Waals surface area contributed by atoms with E-state index in [4.69, 9.17) is 0 Å². The van der Waals surface area contributed by atoms with Gasteiger partial charge in [-0.15, -0.1) is 0 Å². The van der Waals surface area contributed by atoms with Crippen LogP contribution in [0.3, 0.4) is 0 Å². The van der Waals surface area contributed by atoms with Crippen LogP contribution in [0.4, 0.5) is 5.69 Å². The Labute approximate surface area is 111 Å². The van der Waals surface area contributed by atoms with Crippen molar-refractivity contribution in [3.8, 4) is 0 Å². The number of halogens is 1. The van der Waals surface area contributed by atoms with E-state index in [1.807, 2.05) is 24.3 Å². The first-order valence-electron chi connectivity index (χ1n) is 5.95. The highest BCUT2D eigenvalue weighted by Gasteiger charge is 2.50. The Morgan fingerprint density at radius 2 is 2.06 bits per heavy atom. The normalized spacial score (nSPS) is 22.9. The van der Waals surface area contributed by atoms with E-state index < -0.39 is 0 Å². The maximum atomic E-state index is 12.0. The number of hydrogen-bond acceptors (Lipinski definition) is 1. The van der Waals surface area contributed by atoms with Crippen molar-refractivity contribution in [1.29, 1.82) is 0 Å². The SMILES string of the molecule is CC(Br)c1ccccc1NC(=O)C1CC1(C)C. The summed E-state index contributed by atoms with van der Waals surface area (Å²) >= 11 is 3.55. The molecule has 1 aliphatic rings. The molecular formula is C14H18BrNO. The number of hydrogen-bond donors (Lipinski definition) is 1. The summed E-state index contributed by atoms with van der Waals surface area (Å²) in [4.78, 5) is 12.3. The van der Waals surface area contributed by atoms with Crippen LogP contribution in [0.5, 0.6) is 0 Å². The van der Waals surface area contributed by atoms with E-state index in [-0.39, 0.29) is 22.1 Å². The van der Waals surface area contributed by atoms with Gasteiger partial charge in [0, 0.05) is 16.4 Å². The molecule has 0 aromatic heterocycles. The largest absolute Gasteiger partial charge is 0.326 e. The smallest absolute Gasteiger partial charge is 0.228 e. The molecule has 92 valence electrons. The molecule has 17 heavy (non-hydrogen) atoms. The number of alkyl halides is 1. The molecule has 1 amide bonds. The first-order valence-corrected chi connectivity index (χ1v) is 6.87. The highest BCUT2D eigenvalue weighted by molar-refractivity contribution is 9.09. The minimum absolute atomic E-state index is 0.149. The van der Waals surface area contributed by atoms with E-state index in [2.05, 4.69) is 42.0 Å². The second kappa shape index (κ2) is 4.45. The Morgan fingerprint density at radius 3 is 2.59 bits per heavy atom. The Balaban J connectivity index is 2.11. The highest BCUT2D eigenvalue weighted by atomic mass is 79.9. The van der Waals surface area contributed by atoms with Crippen LogP contribution >= 0.6 is 15.9 Å². The first-order chi connectivity index (χ1) is 7.92. The molecule has 0 aliphatic heterocycles. The summed E-state index contributed by atoms with van der Waals surface area (Å²) in [5.41, 5.74) is 2.22. The number of amides is 1. The highest BCUT2D eigenvalue weighted by Crippen LogP contribution is 2.52. The lowest BCUT2D eigenvalue weighted by molar-refractivity contribution is -0.118. The monoisotopic (exact) mass is 295 g/mol. The fourth-order valence-electron chi connectivity index (χ4n) is 2.09. The molecule has 0 spiro atoms. The van der Waals surface area contributed by atoms with Gasteiger partial charge < -0.3 is 5.32 Å². The van der Waals surface area contributed by atoms with Gasteiger partial charge in [-0.05, 0) is 30.4 Å². The summed E-state index contributed by atoms with van der Waals surface area (Å²) in [6.45, 7) is 6.33. The first kappa shape index (κ1) is 12.6. The average molecular weight is 296 g/mol. The third kappa shape index (κ3) is 2.71. The van der Waals surface area contributed by atoms with Crippen LogP contribution in [0.25, 0.3) is 0 Å². The summed E-state index contributed by atoms with van der Waals surface area (Å²) in [5.74, 6) is 0.316. The molecule has 2 unspecified atom stereocenters. The lowest BCUT2D eigenvalue weighted by atomic mass is 10.1. The maximum absolute atomic E-state index is 12.0. The molecule has 1 fully saturated rings. The lowest BCUT2D eigenvalue weighted by Crippen LogP contribution is -2.17. The molecular weight excluding hydrogens is 278 g/mol. The van der Waals surface area contributed by atoms with Crippen LogP contribution < -0.4 is 5.32 Å². The summed E-state index contributed by atoms with van der Waals surface area (Å²) in [6, 6.07) is 7.93. The fraction of sp³-hybridized carbons (Fsp3) is 0.500. The van der Waals surface area contributed by atoms with Gasteiger partial charge >= 0.3 is 0 Å². The second-order valence-corrected chi connectivity index (χ2v) is 6.81. The maximum Gasteiger partial charge on any atom is 0.228 e. The van der Waals surface area contributed by atoms with E-state index in [1.54, 1.807) is 0 Å². The van der Waals surface area contributed by atoms with Gasteiger partial charge in [0.25, 0.3) is 0 Å². The number of benzene rings is 1. The standard InChI is InChI=1S/C14H18BrNO/c1-9(15)10-6-4-5-7-12(10)16-13(17)11-8-14(11,2)3/h4-7,9,11H,8H2,1-3H3,(H,16,17). The third-order valence-corrected chi connectivity index (χ3v) is 3.97. The molecule has 0 saturated heterocycles. The number of carbonyl (C=O) groups excluding carboxylic acids is 1. The minimum Gasteiger partial charge on any atom is -0.326 e. The van der Waals surface area contributed by atoms with Gasteiger partial charge in [0.1, 0.15) is 0 Å². The van der Waals surface area contributed by atoms with Crippen molar-refractivity contribution in [3.63, 3.8) is 0 Å². The molecule has 3 heteroatoms. The number of anilines is 1. The number of carbonyl (C=O) groups is 1. The molecule has 1 aromatic rings. The molecule has 1 aromatic carbocycles. The van der Waals surface area contributed by atoms with Crippen molar-refractivity contribution >= 4 is 27.5 Å². The van der Waals surface area contributed by atoms with E-state index in [0.717, 1.165) is 17.7 Å². The van der Waals surface area contributed by atoms with E-state index in [1.165, 1.54) is 0 Å². The van der Waals surface area contributed by atoms with Crippen molar-refractivity contribution in [2.75, 3.05) is 5.32 Å². The fourth-order valence-corrected chi connectivity index (χ4v) is 2.49. The van der Waals surface area contributed by atoms with Crippen LogP contribution in [0.2, 0.25) is 0 Å². The second-order valence-electron chi connectivity index (χ2n) is 5.44. The Bertz CT molecular complexity index is 440. The van der Waals surface area contributed by atoms with Crippen LogP contribution in [0.1, 0.15) is 37.6 Å². The summed E-state index contributed by atoms with van der Waals surface area (Å²) in [5, 5.41) is 3.04. The molecule has 2 nitrogen and oxygen atoms in total. The summed E-state index contributed by atoms with van der Waals surface area (Å²) < 4.78 is 0. The van der Waals surface area contributed by atoms with E-state index >= 15 is 0 Å². The lowest BCUT2D eigenvalue weighted by Gasteiger charge is -2.13. The average Bonchev–Trinajstić information content (AvgIpc) is 2.88. The minimum atomic E-state index is 0.149. The van der Waals surface area contributed by atoms with Gasteiger partial charge in [0.2, 0.25) is 5.91 Å². The van der Waals surface area contributed by atoms with Crippen molar-refractivity contribution in [1.82, 2.24) is 0 Å². The van der Waals surface area contributed by atoms with E-state index in [0.29, 0.717) is 0 Å². The molecule has 0 bridgehead atoms. The van der Waals surface area contributed by atoms with Crippen LogP contribution in [0, 0.1) is 11.3 Å². The summed E-state index contributed by atoms with van der Waals surface area (Å²) in [7, 11) is 0. The molecule has 2 atom stereocenters. The van der Waals surface area contributed by atoms with Gasteiger partial charge in [-0.3, -0.25) is 4.79 Å². The van der Waals surface area contributed by atoms with E-state index in [9.17, 15) is 4.79 Å². The van der Waals surface area contributed by atoms with Crippen molar-refractivity contribution in [3.05, 3.63) is 29.8 Å². The van der Waals surface area contributed by atoms with Crippen LogP contribution in [-0.4, -0.2) is 5.91 Å². The summed E-state index contributed by atoms with van der Waals surface area (Å²) in [6.07, 6.45) is 0.991. The molecule has 0 heterocycles. The van der Waals surface area contributed by atoms with Crippen LogP contribution in [0.15, 0.2) is 24.3 Å². The van der Waals surface area contributed by atoms with Crippen molar-refractivity contribution in [2.24, 2.45) is 11.3 Å². The zero-order valence-corrected chi connectivity index (χ0v) is 12.0. The van der Waals surface area contributed by atoms with Gasteiger partial charge in [-0.25, -0.2) is 0 Å². The third-order valence-electron chi connectivity index (χ3n) is 3.48. The topological polar surface area (TPSA) is 29.1 Å². The molecule has 2 rings (SSSR count). The zero-order chi connectivity index (χ0) is 12.6. The Hall–Kier alpha value is -0.830. The van der Waals surface area contributed by atoms with Crippen LogP contribution in [-0.2, 0) is 4.79 Å². The zero-order valence-electron chi connectivity index (χ0n) is 10.5. The van der Waals surface area contributed by atoms with Crippen molar-refractivity contribution in [2.45, 2.75) is 32.0 Å². The Morgan fingerprint density at radius 1 is 1.47 bits per heavy atom. The number of para-hydroxylation sites is 1. The number of rotatable bonds is 3. The van der Waals surface area contributed by atoms with Gasteiger partial charge in [0.15, 0.2) is 0 Å². The predicted octanol–water partition coefficient (Wildman–Crippen LogP) is 4.13. The predicted molar refractivity (Wildman–Crippen MR) is 74.3 cm³/mol. The van der Waals surface area contributed by atoms with Gasteiger partial charge in [-0.2, -0.15) is 0 Å². The molecule has 0 radical (unpaired) electrons. The van der Waals surface area contributed by atoms with Crippen molar-refractivity contribution < 1.29 is 4.79 Å². The van der Waals surface area contributed by atoms with Gasteiger partial charge in [0.05, 0.1) is 0 Å². The molecule has 1 N–H and O–H groups in total. The van der Waals surface area contributed by atoms with Gasteiger partial charge in [-0.1, -0.05) is 48.0 Å². The quantitative estimate of drug-likeness (QED) is 0.835. The molecule has 1 aliphatic carbocycles. The number of nitrogens with one attached hydrogen (secondary N) is 1. The molecule has 1 saturated carbocycles. The Kier molecular flexibility index (Phi) is 3.30.